The zero-order valence-electron chi connectivity index (χ0n) is 9.90. The third kappa shape index (κ3) is 2.10. The highest BCUT2D eigenvalue weighted by Crippen LogP contribution is 2.25. The van der Waals surface area contributed by atoms with Crippen LogP contribution in [0.1, 0.15) is 25.0 Å². The zero-order chi connectivity index (χ0) is 11.5. The summed E-state index contributed by atoms with van der Waals surface area (Å²) in [5.41, 5.74) is 2.38. The predicted molar refractivity (Wildman–Crippen MR) is 68.4 cm³/mol. The van der Waals surface area contributed by atoms with Gasteiger partial charge in [0.05, 0.1) is 6.61 Å². The summed E-state index contributed by atoms with van der Waals surface area (Å²) in [5.74, 6) is 0.636. The van der Waals surface area contributed by atoms with E-state index in [0.717, 1.165) is 12.0 Å². The first-order valence-electron chi connectivity index (χ1n) is 5.82. The fourth-order valence-electron chi connectivity index (χ4n) is 2.24. The van der Waals surface area contributed by atoms with Gasteiger partial charge >= 0.3 is 0 Å². The van der Waals surface area contributed by atoms with Crippen LogP contribution in [0.5, 0.6) is 0 Å². The van der Waals surface area contributed by atoms with Crippen LogP contribution in [0.15, 0.2) is 36.4 Å². The van der Waals surface area contributed by atoms with E-state index < -0.39 is 0 Å². The van der Waals surface area contributed by atoms with E-state index in [1.165, 1.54) is 16.3 Å². The molecule has 0 spiro atoms. The molecule has 0 aliphatic rings. The largest absolute Gasteiger partial charge is 0.392 e. The summed E-state index contributed by atoms with van der Waals surface area (Å²) in [4.78, 5) is 0. The maximum absolute atomic E-state index is 9.39. The van der Waals surface area contributed by atoms with Crippen molar-refractivity contribution in [3.63, 3.8) is 0 Å². The van der Waals surface area contributed by atoms with Crippen LogP contribution >= 0.6 is 0 Å². The number of hydrogen-bond acceptors (Lipinski definition) is 1. The van der Waals surface area contributed by atoms with E-state index in [9.17, 15) is 5.11 Å². The second-order valence-electron chi connectivity index (χ2n) is 4.69. The quantitative estimate of drug-likeness (QED) is 0.828. The number of fused-ring (bicyclic) bond motifs is 1. The van der Waals surface area contributed by atoms with E-state index in [1.54, 1.807) is 0 Å². The van der Waals surface area contributed by atoms with Gasteiger partial charge in [-0.15, -0.1) is 0 Å². The van der Waals surface area contributed by atoms with Crippen LogP contribution in [0, 0.1) is 5.92 Å². The number of hydrogen-bond donors (Lipinski definition) is 1. The Kier molecular flexibility index (Phi) is 3.25. The van der Waals surface area contributed by atoms with E-state index in [0.29, 0.717) is 5.92 Å². The van der Waals surface area contributed by atoms with Gasteiger partial charge in [0.15, 0.2) is 0 Å². The van der Waals surface area contributed by atoms with Crippen molar-refractivity contribution < 1.29 is 5.11 Å². The summed E-state index contributed by atoms with van der Waals surface area (Å²) >= 11 is 0. The molecule has 1 nitrogen and oxygen atoms in total. The summed E-state index contributed by atoms with van der Waals surface area (Å²) < 4.78 is 0. The van der Waals surface area contributed by atoms with Crippen molar-refractivity contribution in [2.24, 2.45) is 5.92 Å². The van der Waals surface area contributed by atoms with Crippen molar-refractivity contribution in [3.05, 3.63) is 47.5 Å². The number of benzene rings is 2. The average molecular weight is 214 g/mol. The van der Waals surface area contributed by atoms with Crippen LogP contribution in [-0.2, 0) is 13.0 Å². The van der Waals surface area contributed by atoms with Crippen molar-refractivity contribution in [2.45, 2.75) is 26.9 Å². The van der Waals surface area contributed by atoms with Gasteiger partial charge in [0, 0.05) is 0 Å². The highest BCUT2D eigenvalue weighted by molar-refractivity contribution is 5.88. The van der Waals surface area contributed by atoms with E-state index in [2.05, 4.69) is 38.1 Å². The SMILES string of the molecule is CC(C)Cc1cccc2cccc(CO)c12. The Labute approximate surface area is 96.7 Å². The molecule has 0 aliphatic heterocycles. The number of rotatable bonds is 3. The summed E-state index contributed by atoms with van der Waals surface area (Å²) in [6, 6.07) is 12.5. The van der Waals surface area contributed by atoms with Crippen molar-refractivity contribution in [2.75, 3.05) is 0 Å². The van der Waals surface area contributed by atoms with E-state index >= 15 is 0 Å². The molecule has 1 N–H and O–H groups in total. The molecule has 0 fully saturated rings. The van der Waals surface area contributed by atoms with Gasteiger partial charge in [-0.25, -0.2) is 0 Å². The number of aliphatic hydroxyl groups is 1. The van der Waals surface area contributed by atoms with Crippen LogP contribution < -0.4 is 0 Å². The van der Waals surface area contributed by atoms with Gasteiger partial charge in [-0.05, 0) is 34.2 Å². The van der Waals surface area contributed by atoms with Crippen molar-refractivity contribution in [3.8, 4) is 0 Å². The van der Waals surface area contributed by atoms with Crippen LogP contribution in [0.2, 0.25) is 0 Å². The van der Waals surface area contributed by atoms with Crippen LogP contribution in [-0.4, -0.2) is 5.11 Å². The molecule has 0 heterocycles. The molecule has 0 amide bonds. The first kappa shape index (κ1) is 11.2. The predicted octanol–water partition coefficient (Wildman–Crippen LogP) is 3.53. The van der Waals surface area contributed by atoms with Crippen LogP contribution in [0.4, 0.5) is 0 Å². The summed E-state index contributed by atoms with van der Waals surface area (Å²) in [6.07, 6.45) is 1.06. The lowest BCUT2D eigenvalue weighted by molar-refractivity contribution is 0.283. The van der Waals surface area contributed by atoms with Crippen LogP contribution in [0.25, 0.3) is 10.8 Å². The first-order valence-corrected chi connectivity index (χ1v) is 5.82. The molecule has 2 aromatic carbocycles. The lowest BCUT2D eigenvalue weighted by atomic mass is 9.94. The lowest BCUT2D eigenvalue weighted by Gasteiger charge is -2.12. The molecule has 0 atom stereocenters. The monoisotopic (exact) mass is 214 g/mol. The van der Waals surface area contributed by atoms with E-state index in [4.69, 9.17) is 0 Å². The average Bonchev–Trinajstić information content (AvgIpc) is 2.28. The van der Waals surface area contributed by atoms with Gasteiger partial charge < -0.3 is 5.11 Å². The molecule has 1 heteroatoms. The van der Waals surface area contributed by atoms with Gasteiger partial charge in [0.2, 0.25) is 0 Å². The maximum Gasteiger partial charge on any atom is 0.0687 e. The molecule has 0 saturated carbocycles. The van der Waals surface area contributed by atoms with E-state index in [-0.39, 0.29) is 6.61 Å². The molecule has 0 aliphatic carbocycles. The lowest BCUT2D eigenvalue weighted by Crippen LogP contribution is -1.97. The van der Waals surface area contributed by atoms with Gasteiger partial charge in [0.25, 0.3) is 0 Å². The summed E-state index contributed by atoms with van der Waals surface area (Å²) in [5, 5.41) is 11.9. The molecule has 2 aromatic rings. The van der Waals surface area contributed by atoms with E-state index in [1.807, 2.05) is 12.1 Å². The third-order valence-electron chi connectivity index (χ3n) is 2.88. The van der Waals surface area contributed by atoms with Gasteiger partial charge in [-0.2, -0.15) is 0 Å². The zero-order valence-corrected chi connectivity index (χ0v) is 9.90. The van der Waals surface area contributed by atoms with Crippen LogP contribution in [0.3, 0.4) is 0 Å². The van der Waals surface area contributed by atoms with Gasteiger partial charge in [-0.3, -0.25) is 0 Å². The molecule has 16 heavy (non-hydrogen) atoms. The number of aliphatic hydroxyl groups excluding tert-OH is 1. The van der Waals surface area contributed by atoms with Gasteiger partial charge in [-0.1, -0.05) is 50.2 Å². The third-order valence-corrected chi connectivity index (χ3v) is 2.88. The smallest absolute Gasteiger partial charge is 0.0687 e. The molecule has 0 aromatic heterocycles. The molecular weight excluding hydrogens is 196 g/mol. The molecule has 84 valence electrons. The molecule has 2 rings (SSSR count). The second kappa shape index (κ2) is 4.67. The minimum absolute atomic E-state index is 0.118. The molecular formula is C15H18O. The highest BCUT2D eigenvalue weighted by atomic mass is 16.3. The minimum Gasteiger partial charge on any atom is -0.392 e. The topological polar surface area (TPSA) is 20.2 Å². The molecule has 0 unspecified atom stereocenters. The Morgan fingerprint density at radius 2 is 1.62 bits per heavy atom. The minimum atomic E-state index is 0.118. The highest BCUT2D eigenvalue weighted by Gasteiger charge is 2.06. The Morgan fingerprint density at radius 1 is 1.00 bits per heavy atom. The maximum atomic E-state index is 9.39. The van der Waals surface area contributed by atoms with Gasteiger partial charge in [0.1, 0.15) is 0 Å². The Balaban J connectivity index is 2.63. The normalized spacial score (nSPS) is 11.2. The Bertz CT molecular complexity index is 481. The molecule has 0 saturated heterocycles. The molecule has 0 bridgehead atoms. The molecule has 0 radical (unpaired) electrons. The standard InChI is InChI=1S/C15H18O/c1-11(2)9-13-7-3-5-12-6-4-8-14(10-16)15(12)13/h3-8,11,16H,9-10H2,1-2H3. The Hall–Kier alpha value is -1.34. The van der Waals surface area contributed by atoms with Crippen molar-refractivity contribution in [1.29, 1.82) is 0 Å². The van der Waals surface area contributed by atoms with Crippen molar-refractivity contribution >= 4 is 10.8 Å². The summed E-state index contributed by atoms with van der Waals surface area (Å²) in [6.45, 7) is 4.56. The first-order chi connectivity index (χ1) is 7.72. The summed E-state index contributed by atoms with van der Waals surface area (Å²) in [7, 11) is 0. The second-order valence-corrected chi connectivity index (χ2v) is 4.69. The fraction of sp³-hybridized carbons (Fsp3) is 0.333. The fourth-order valence-corrected chi connectivity index (χ4v) is 2.24. The Morgan fingerprint density at radius 3 is 2.19 bits per heavy atom. The van der Waals surface area contributed by atoms with Crippen molar-refractivity contribution in [1.82, 2.24) is 0 Å².